The predicted molar refractivity (Wildman–Crippen MR) is 255 cm³/mol. The van der Waals surface area contributed by atoms with Crippen LogP contribution in [0.15, 0.2) is 36.7 Å². The first-order valence-electron chi connectivity index (χ1n) is 25.9. The minimum absolute atomic E-state index is 0.234. The summed E-state index contributed by atoms with van der Waals surface area (Å²) >= 11 is 0. The molecule has 1 fully saturated rings. The number of hydrogen-bond acceptors (Lipinski definition) is 10. The van der Waals surface area contributed by atoms with Crippen molar-refractivity contribution in [2.24, 2.45) is 0 Å². The van der Waals surface area contributed by atoms with Crippen LogP contribution in [0.4, 0.5) is 0 Å². The van der Waals surface area contributed by atoms with Crippen molar-refractivity contribution in [2.75, 3.05) is 13.2 Å². The number of aryl methyl sites for hydroxylation is 3. The molecule has 64 heavy (non-hydrogen) atoms. The number of nitrogens with zero attached hydrogens (tertiary/aromatic N) is 2. The maximum Gasteiger partial charge on any atom is 0.220 e. The Kier molecular flexibility index (Phi) is 30.4. The lowest BCUT2D eigenvalue weighted by molar-refractivity contribution is -0.303. The molecule has 1 aromatic carbocycles. The van der Waals surface area contributed by atoms with Crippen molar-refractivity contribution in [3.05, 3.63) is 53.3 Å². The van der Waals surface area contributed by atoms with Gasteiger partial charge in [-0.3, -0.25) is 9.48 Å². The highest BCUT2D eigenvalue weighted by Crippen LogP contribution is 2.25. The second-order valence-electron chi connectivity index (χ2n) is 18.7. The van der Waals surface area contributed by atoms with Gasteiger partial charge in [0.05, 0.1) is 25.5 Å². The maximum absolute atomic E-state index is 13.2. The van der Waals surface area contributed by atoms with E-state index in [0.29, 0.717) is 18.5 Å². The zero-order chi connectivity index (χ0) is 46.2. The molecule has 0 saturated carbocycles. The molecule has 1 aliphatic heterocycles. The second-order valence-corrected chi connectivity index (χ2v) is 18.7. The summed E-state index contributed by atoms with van der Waals surface area (Å²) in [6, 6.07) is 7.60. The van der Waals surface area contributed by atoms with Crippen LogP contribution in [0.3, 0.4) is 0 Å². The molecule has 0 aliphatic carbocycles. The molecule has 0 spiro atoms. The summed E-state index contributed by atoms with van der Waals surface area (Å²) < 4.78 is 12.9. The van der Waals surface area contributed by atoms with Crippen LogP contribution in [0, 0.1) is 0 Å². The largest absolute Gasteiger partial charge is 0.394 e. The van der Waals surface area contributed by atoms with E-state index in [1.165, 1.54) is 152 Å². The molecule has 12 nitrogen and oxygen atoms in total. The number of amides is 1. The van der Waals surface area contributed by atoms with E-state index in [4.69, 9.17) is 9.47 Å². The molecule has 2 heterocycles. The van der Waals surface area contributed by atoms with Gasteiger partial charge < -0.3 is 45.4 Å². The van der Waals surface area contributed by atoms with E-state index in [1.807, 2.05) is 0 Å². The highest BCUT2D eigenvalue weighted by atomic mass is 16.7. The third-order valence-corrected chi connectivity index (χ3v) is 13.1. The molecule has 1 amide bonds. The molecule has 12 heteroatoms. The fourth-order valence-electron chi connectivity index (χ4n) is 8.75. The SMILES string of the molecule is CCCCCCCCCCCCCCCCCCCCCCCCCC(=O)N[C@@H](CO[C@H]1O[C@H](CO)[C@H](O)[C@H](O)[C@H]1O)[C@H](O)[C@H](O)c1cnn(CCCc2ccc(CCCC)cc2)c1. The number of ether oxygens (including phenoxy) is 2. The van der Waals surface area contributed by atoms with Gasteiger partial charge in [0.1, 0.15) is 36.6 Å². The normalized spacial score (nSPS) is 20.3. The van der Waals surface area contributed by atoms with E-state index in [9.17, 15) is 35.4 Å². The second kappa shape index (κ2) is 34.8. The molecule has 1 aliphatic rings. The number of nitrogens with one attached hydrogen (secondary N) is 1. The van der Waals surface area contributed by atoms with Gasteiger partial charge in [0.15, 0.2) is 6.29 Å². The maximum atomic E-state index is 13.2. The van der Waals surface area contributed by atoms with Gasteiger partial charge in [-0.1, -0.05) is 186 Å². The van der Waals surface area contributed by atoms with Gasteiger partial charge in [-0.2, -0.15) is 5.10 Å². The lowest BCUT2D eigenvalue weighted by Crippen LogP contribution is -2.60. The van der Waals surface area contributed by atoms with Crippen molar-refractivity contribution in [3.8, 4) is 0 Å². The summed E-state index contributed by atoms with van der Waals surface area (Å²) in [5, 5.41) is 70.5. The highest BCUT2D eigenvalue weighted by molar-refractivity contribution is 5.76. The third-order valence-electron chi connectivity index (χ3n) is 13.1. The third kappa shape index (κ3) is 22.9. The molecule has 0 radical (unpaired) electrons. The van der Waals surface area contributed by atoms with Gasteiger partial charge in [0.25, 0.3) is 0 Å². The van der Waals surface area contributed by atoms with E-state index in [0.717, 1.165) is 38.5 Å². The molecule has 0 unspecified atom stereocenters. The topological polar surface area (TPSA) is 187 Å². The number of carbonyl (C=O) groups excluding carboxylic acids is 1. The molecule has 0 bridgehead atoms. The van der Waals surface area contributed by atoms with Crippen molar-refractivity contribution in [1.82, 2.24) is 15.1 Å². The summed E-state index contributed by atoms with van der Waals surface area (Å²) in [6.45, 7) is 4.07. The van der Waals surface area contributed by atoms with Crippen LogP contribution in [0.5, 0.6) is 0 Å². The van der Waals surface area contributed by atoms with Crippen molar-refractivity contribution >= 4 is 5.91 Å². The van der Waals surface area contributed by atoms with Crippen LogP contribution < -0.4 is 5.32 Å². The predicted octanol–water partition coefficient (Wildman–Crippen LogP) is 8.94. The number of rotatable bonds is 39. The first kappa shape index (κ1) is 55.9. The van der Waals surface area contributed by atoms with Crippen LogP contribution in [0.2, 0.25) is 0 Å². The first-order valence-corrected chi connectivity index (χ1v) is 25.9. The van der Waals surface area contributed by atoms with E-state index in [2.05, 4.69) is 48.5 Å². The Morgan fingerprint density at radius 3 is 1.62 bits per heavy atom. The smallest absolute Gasteiger partial charge is 0.220 e. The van der Waals surface area contributed by atoms with E-state index < -0.39 is 62.2 Å². The number of aromatic nitrogens is 2. The lowest BCUT2D eigenvalue weighted by Gasteiger charge is -2.40. The van der Waals surface area contributed by atoms with Gasteiger partial charge in [0.2, 0.25) is 5.91 Å². The molecule has 3 rings (SSSR count). The fourth-order valence-corrected chi connectivity index (χ4v) is 8.75. The van der Waals surface area contributed by atoms with Crippen LogP contribution in [-0.4, -0.2) is 102 Å². The van der Waals surface area contributed by atoms with Crippen molar-refractivity contribution < 1.29 is 44.9 Å². The van der Waals surface area contributed by atoms with E-state index in [-0.39, 0.29) is 12.3 Å². The Morgan fingerprint density at radius 2 is 1.14 bits per heavy atom. The number of aliphatic hydroxyl groups excluding tert-OH is 6. The fraction of sp³-hybridized carbons (Fsp3) is 0.808. The Labute approximate surface area is 386 Å². The van der Waals surface area contributed by atoms with E-state index in [1.54, 1.807) is 10.9 Å². The first-order chi connectivity index (χ1) is 31.2. The number of unbranched alkanes of at least 4 members (excludes halogenated alkanes) is 23. The van der Waals surface area contributed by atoms with Crippen molar-refractivity contribution in [1.29, 1.82) is 0 Å². The summed E-state index contributed by atoms with van der Waals surface area (Å²) in [5.41, 5.74) is 2.96. The van der Waals surface area contributed by atoms with Gasteiger partial charge >= 0.3 is 0 Å². The summed E-state index contributed by atoms with van der Waals surface area (Å²) in [6.07, 6.45) is 27.9. The average molecular weight is 902 g/mol. The molecule has 7 N–H and O–H groups in total. The van der Waals surface area contributed by atoms with Crippen LogP contribution in [0.1, 0.15) is 210 Å². The van der Waals surface area contributed by atoms with Crippen molar-refractivity contribution in [2.45, 2.75) is 256 Å². The van der Waals surface area contributed by atoms with Crippen LogP contribution in [0.25, 0.3) is 0 Å². The van der Waals surface area contributed by atoms with Crippen LogP contribution >= 0.6 is 0 Å². The molecule has 2 aromatic rings. The Hall–Kier alpha value is -2.42. The highest BCUT2D eigenvalue weighted by Gasteiger charge is 2.44. The average Bonchev–Trinajstić information content (AvgIpc) is 3.78. The molecule has 1 saturated heterocycles. The number of aliphatic hydroxyl groups is 6. The van der Waals surface area contributed by atoms with Gasteiger partial charge in [0, 0.05) is 24.7 Å². The quantitative estimate of drug-likeness (QED) is 0.0320. The molecule has 8 atom stereocenters. The minimum atomic E-state index is -1.65. The Balaban J connectivity index is 1.33. The lowest BCUT2D eigenvalue weighted by atomic mass is 9.99. The van der Waals surface area contributed by atoms with Gasteiger partial charge in [-0.25, -0.2) is 0 Å². The zero-order valence-corrected chi connectivity index (χ0v) is 40.0. The number of hydrogen-bond donors (Lipinski definition) is 7. The Bertz CT molecular complexity index is 1430. The number of carbonyl (C=O) groups is 1. The van der Waals surface area contributed by atoms with E-state index >= 15 is 0 Å². The number of benzene rings is 1. The summed E-state index contributed by atoms with van der Waals surface area (Å²) in [5.74, 6) is -0.314. The Morgan fingerprint density at radius 1 is 0.672 bits per heavy atom. The van der Waals surface area contributed by atoms with Gasteiger partial charge in [-0.05, 0) is 43.2 Å². The van der Waals surface area contributed by atoms with Gasteiger partial charge in [-0.15, -0.1) is 0 Å². The minimum Gasteiger partial charge on any atom is -0.394 e. The molecular weight excluding hydrogens is 811 g/mol. The molecule has 368 valence electrons. The monoisotopic (exact) mass is 902 g/mol. The molecule has 1 aromatic heterocycles. The van der Waals surface area contributed by atoms with Crippen LogP contribution in [-0.2, 0) is 33.7 Å². The molecular formula is C52H91N3O9. The van der Waals surface area contributed by atoms with Crippen molar-refractivity contribution in [3.63, 3.8) is 0 Å². The summed E-state index contributed by atoms with van der Waals surface area (Å²) in [4.78, 5) is 13.2. The zero-order valence-electron chi connectivity index (χ0n) is 40.0. The summed E-state index contributed by atoms with van der Waals surface area (Å²) in [7, 11) is 0. The standard InChI is InChI=1S/C52H91N3O9/c1-3-5-7-8-9-10-11-12-13-14-15-16-17-18-19-20-21-22-23-24-25-26-27-31-46(57)54-44(40-63-52-51(62)50(61)49(60)45(39-56)64-52)48(59)47(58)43-37-53-55(38-43)36-28-30-42-34-32-41(33-35-42)29-6-4-2/h32-35,37-38,44-45,47-52,56,58-62H,3-31,36,39-40H2,1-2H3,(H,54,57)/t44-,45+,47+,48-,49-,50-,51+,52-/m0/s1.